The van der Waals surface area contributed by atoms with Crippen molar-refractivity contribution in [2.24, 2.45) is 0 Å². The fourth-order valence-corrected chi connectivity index (χ4v) is 2.55. The van der Waals surface area contributed by atoms with Crippen LogP contribution < -0.4 is 16.0 Å². The van der Waals surface area contributed by atoms with E-state index < -0.39 is 12.1 Å². The lowest BCUT2D eigenvalue weighted by Gasteiger charge is -2.12. The van der Waals surface area contributed by atoms with Crippen molar-refractivity contribution in [2.75, 3.05) is 12.4 Å². The molecule has 1 aliphatic heterocycles. The van der Waals surface area contributed by atoms with E-state index in [1.807, 2.05) is 30.3 Å². The number of benzene rings is 2. The molecule has 1 heterocycles. The van der Waals surface area contributed by atoms with Crippen LogP contribution in [0.2, 0.25) is 0 Å². The van der Waals surface area contributed by atoms with E-state index in [2.05, 4.69) is 16.0 Å². The number of nitrogens with zero attached hydrogens (tertiary/aromatic N) is 1. The number of carbonyl (C=O) groups is 3. The number of amides is 5. The summed E-state index contributed by atoms with van der Waals surface area (Å²) in [5.41, 5.74) is 2.15. The summed E-state index contributed by atoms with van der Waals surface area (Å²) in [6.45, 7) is 0.411. The summed E-state index contributed by atoms with van der Waals surface area (Å²) >= 11 is 0. The van der Waals surface area contributed by atoms with Crippen LogP contribution in [0, 0.1) is 0 Å². The van der Waals surface area contributed by atoms with E-state index in [4.69, 9.17) is 0 Å². The van der Waals surface area contributed by atoms with Crippen molar-refractivity contribution in [1.82, 2.24) is 15.5 Å². The lowest BCUT2D eigenvalue weighted by molar-refractivity contribution is -0.126. The maximum Gasteiger partial charge on any atom is 0.324 e. The second kappa shape index (κ2) is 7.04. The monoisotopic (exact) mass is 338 g/mol. The minimum Gasteiger partial charge on any atom is -0.334 e. The van der Waals surface area contributed by atoms with Gasteiger partial charge >= 0.3 is 12.1 Å². The quantitative estimate of drug-likeness (QED) is 0.747. The van der Waals surface area contributed by atoms with Crippen molar-refractivity contribution in [1.29, 1.82) is 0 Å². The van der Waals surface area contributed by atoms with Crippen molar-refractivity contribution in [2.45, 2.75) is 12.6 Å². The number of nitrogens with one attached hydrogen (secondary N) is 3. The van der Waals surface area contributed by atoms with E-state index in [-0.39, 0.29) is 11.9 Å². The first-order chi connectivity index (χ1) is 12.0. The number of likely N-dealkylation sites (N-methyl/N-ethyl adjacent to an activating group) is 1. The molecule has 0 aliphatic carbocycles. The molecule has 1 unspecified atom stereocenters. The zero-order valence-electron chi connectivity index (χ0n) is 13.7. The first-order valence-electron chi connectivity index (χ1n) is 7.81. The highest BCUT2D eigenvalue weighted by atomic mass is 16.2. The summed E-state index contributed by atoms with van der Waals surface area (Å²) in [5, 5.41) is 8.10. The maximum atomic E-state index is 12.1. The summed E-state index contributed by atoms with van der Waals surface area (Å²) in [6, 6.07) is 14.9. The highest BCUT2D eigenvalue weighted by Gasteiger charge is 2.36. The van der Waals surface area contributed by atoms with Gasteiger partial charge in [-0.05, 0) is 23.3 Å². The minimum absolute atomic E-state index is 0.323. The standard InChI is InChI=1S/C18H18N4O3/c1-22-16(23)15(21-18(22)25)13-8-5-9-14(10-13)20-17(24)19-11-12-6-3-2-4-7-12/h2-10,15H,11H2,1H3,(H,21,25)(H2,19,20,24). The van der Waals surface area contributed by atoms with Crippen LogP contribution in [-0.2, 0) is 11.3 Å². The number of anilines is 1. The number of hydrogen-bond acceptors (Lipinski definition) is 3. The van der Waals surface area contributed by atoms with Crippen LogP contribution in [0.3, 0.4) is 0 Å². The number of hydrogen-bond donors (Lipinski definition) is 3. The van der Waals surface area contributed by atoms with E-state index in [0.29, 0.717) is 17.8 Å². The molecule has 3 rings (SSSR count). The molecular weight excluding hydrogens is 320 g/mol. The van der Waals surface area contributed by atoms with Gasteiger partial charge in [-0.3, -0.25) is 9.69 Å². The average molecular weight is 338 g/mol. The molecule has 0 spiro atoms. The molecule has 1 aliphatic rings. The zero-order chi connectivity index (χ0) is 17.8. The second-order valence-corrected chi connectivity index (χ2v) is 5.70. The van der Waals surface area contributed by atoms with Gasteiger partial charge in [-0.2, -0.15) is 0 Å². The lowest BCUT2D eigenvalue weighted by Crippen LogP contribution is -2.28. The molecule has 7 heteroatoms. The Morgan fingerprint density at radius 2 is 1.88 bits per heavy atom. The van der Waals surface area contributed by atoms with E-state index in [1.165, 1.54) is 7.05 Å². The highest BCUT2D eigenvalue weighted by Crippen LogP contribution is 2.23. The molecule has 3 N–H and O–H groups in total. The van der Waals surface area contributed by atoms with Gasteiger partial charge in [0, 0.05) is 19.3 Å². The molecular formula is C18H18N4O3. The van der Waals surface area contributed by atoms with Gasteiger partial charge < -0.3 is 16.0 Å². The van der Waals surface area contributed by atoms with E-state index in [0.717, 1.165) is 10.5 Å². The van der Waals surface area contributed by atoms with Crippen LogP contribution in [0.25, 0.3) is 0 Å². The molecule has 2 aromatic carbocycles. The second-order valence-electron chi connectivity index (χ2n) is 5.70. The molecule has 0 aromatic heterocycles. The fraction of sp³-hybridized carbons (Fsp3) is 0.167. The Hall–Kier alpha value is -3.35. The molecule has 7 nitrogen and oxygen atoms in total. The van der Waals surface area contributed by atoms with Gasteiger partial charge in [0.15, 0.2) is 0 Å². The molecule has 0 radical (unpaired) electrons. The SMILES string of the molecule is CN1C(=O)NC(c2cccc(NC(=O)NCc3ccccc3)c2)C1=O. The molecule has 0 saturated carbocycles. The molecule has 1 saturated heterocycles. The summed E-state index contributed by atoms with van der Waals surface area (Å²) in [7, 11) is 1.43. The van der Waals surface area contributed by atoms with Crippen LogP contribution in [-0.4, -0.2) is 29.9 Å². The van der Waals surface area contributed by atoms with Gasteiger partial charge in [0.2, 0.25) is 0 Å². The third-order valence-corrected chi connectivity index (χ3v) is 3.92. The summed E-state index contributed by atoms with van der Waals surface area (Å²) < 4.78 is 0. The summed E-state index contributed by atoms with van der Waals surface area (Å²) in [4.78, 5) is 36.7. The number of imide groups is 1. The third-order valence-electron chi connectivity index (χ3n) is 3.92. The largest absolute Gasteiger partial charge is 0.334 e. The topological polar surface area (TPSA) is 90.5 Å². The van der Waals surface area contributed by atoms with Crippen LogP contribution >= 0.6 is 0 Å². The maximum absolute atomic E-state index is 12.1. The highest BCUT2D eigenvalue weighted by molar-refractivity contribution is 6.04. The fourth-order valence-electron chi connectivity index (χ4n) is 2.55. The van der Waals surface area contributed by atoms with Crippen LogP contribution in [0.4, 0.5) is 15.3 Å². The predicted octanol–water partition coefficient (Wildman–Crippen LogP) is 2.23. The minimum atomic E-state index is -0.730. The van der Waals surface area contributed by atoms with Crippen LogP contribution in [0.15, 0.2) is 54.6 Å². The number of urea groups is 2. The molecule has 2 aromatic rings. The zero-order valence-corrected chi connectivity index (χ0v) is 13.7. The Balaban J connectivity index is 1.63. The first kappa shape index (κ1) is 16.5. The van der Waals surface area contributed by atoms with Gasteiger partial charge in [-0.15, -0.1) is 0 Å². The van der Waals surface area contributed by atoms with Gasteiger partial charge in [0.25, 0.3) is 5.91 Å². The molecule has 128 valence electrons. The molecule has 1 fully saturated rings. The van der Waals surface area contributed by atoms with Crippen LogP contribution in [0.1, 0.15) is 17.2 Å². The Morgan fingerprint density at radius 3 is 2.56 bits per heavy atom. The van der Waals surface area contributed by atoms with E-state index >= 15 is 0 Å². The Labute approximate surface area is 145 Å². The van der Waals surface area contributed by atoms with Crippen molar-refractivity contribution < 1.29 is 14.4 Å². The Bertz CT molecular complexity index is 807. The average Bonchev–Trinajstić information content (AvgIpc) is 2.88. The van der Waals surface area contributed by atoms with Gasteiger partial charge in [-0.1, -0.05) is 42.5 Å². The number of carbonyl (C=O) groups excluding carboxylic acids is 3. The smallest absolute Gasteiger partial charge is 0.324 e. The van der Waals surface area contributed by atoms with Gasteiger partial charge in [-0.25, -0.2) is 9.59 Å². The van der Waals surface area contributed by atoms with Gasteiger partial charge in [0.1, 0.15) is 6.04 Å². The first-order valence-corrected chi connectivity index (χ1v) is 7.81. The summed E-state index contributed by atoms with van der Waals surface area (Å²) in [5.74, 6) is -0.323. The molecule has 1 atom stereocenters. The van der Waals surface area contributed by atoms with Crippen molar-refractivity contribution in [3.05, 3.63) is 65.7 Å². The lowest BCUT2D eigenvalue weighted by atomic mass is 10.1. The van der Waals surface area contributed by atoms with Crippen molar-refractivity contribution in [3.8, 4) is 0 Å². The Morgan fingerprint density at radius 1 is 1.12 bits per heavy atom. The Kier molecular flexibility index (Phi) is 4.65. The predicted molar refractivity (Wildman–Crippen MR) is 92.8 cm³/mol. The van der Waals surface area contributed by atoms with Crippen molar-refractivity contribution in [3.63, 3.8) is 0 Å². The van der Waals surface area contributed by atoms with Crippen LogP contribution in [0.5, 0.6) is 0 Å². The third kappa shape index (κ3) is 3.77. The van der Waals surface area contributed by atoms with E-state index in [9.17, 15) is 14.4 Å². The van der Waals surface area contributed by atoms with Crippen molar-refractivity contribution >= 4 is 23.7 Å². The number of rotatable bonds is 4. The molecule has 0 bridgehead atoms. The van der Waals surface area contributed by atoms with E-state index in [1.54, 1.807) is 24.3 Å². The van der Waals surface area contributed by atoms with Gasteiger partial charge in [0.05, 0.1) is 0 Å². The molecule has 25 heavy (non-hydrogen) atoms. The molecule has 5 amide bonds. The normalized spacial score (nSPS) is 16.5. The summed E-state index contributed by atoms with van der Waals surface area (Å²) in [6.07, 6.45) is 0.